The minimum atomic E-state index is -5.53. The summed E-state index contributed by atoms with van der Waals surface area (Å²) in [5.41, 5.74) is -0.144. The minimum Gasteiger partial charge on any atom is -0.505 e. The topological polar surface area (TPSA) is 487 Å². The molecular formula is C34H29N13O17S4. The zero-order chi connectivity index (χ0) is 50.3. The smallest absolute Gasteiger partial charge is 0.326 e. The maximum atomic E-state index is 12.7. The van der Waals surface area contributed by atoms with E-state index in [2.05, 4.69) is 61.7 Å². The number of aryl methyl sites for hydroxylation is 2. The van der Waals surface area contributed by atoms with E-state index in [4.69, 9.17) is 5.73 Å². The zero-order valence-electron chi connectivity index (χ0n) is 33.8. The van der Waals surface area contributed by atoms with Crippen LogP contribution in [0.3, 0.4) is 0 Å². The van der Waals surface area contributed by atoms with Gasteiger partial charge in [0.2, 0.25) is 11.9 Å². The maximum absolute atomic E-state index is 12.7. The average molecular weight is 1020 g/mol. The van der Waals surface area contributed by atoms with E-state index in [1.165, 1.54) is 13.8 Å². The van der Waals surface area contributed by atoms with Crippen molar-refractivity contribution in [2.24, 2.45) is 20.5 Å². The SMILES string of the molecule is Cc1cc(=O)nc(NC(=O)Nc2ccc(S(=O)(=O)O)c(/N=N/c3c(S(=O)(=O)O)cc4cc(S(=O)(=O)O)c(/N=N/c5cc(NC(=O)Nc6nc(=O)cc(C)[nH]6)ccc5S(=O)(=O)O)c(O)c4c3N)c2)[nH]1. The van der Waals surface area contributed by atoms with Gasteiger partial charge in [0.25, 0.3) is 51.6 Å². The van der Waals surface area contributed by atoms with E-state index in [1.54, 1.807) is 0 Å². The lowest BCUT2D eigenvalue weighted by Gasteiger charge is -2.14. The lowest BCUT2D eigenvalue weighted by Crippen LogP contribution is -2.23. The Hall–Kier alpha value is -8.12. The number of phenolic OH excluding ortho intramolecular Hbond substituents is 1. The summed E-state index contributed by atoms with van der Waals surface area (Å²) >= 11 is 0. The molecule has 0 atom stereocenters. The number of phenols is 1. The predicted molar refractivity (Wildman–Crippen MR) is 235 cm³/mol. The molecule has 0 fully saturated rings. The van der Waals surface area contributed by atoms with Gasteiger partial charge in [-0.25, -0.2) is 9.59 Å². The molecule has 0 saturated carbocycles. The number of carbonyl (C=O) groups is 2. The van der Waals surface area contributed by atoms with Crippen molar-refractivity contribution in [3.8, 4) is 5.75 Å². The molecule has 0 aliphatic rings. The van der Waals surface area contributed by atoms with Gasteiger partial charge in [-0.2, -0.15) is 43.6 Å². The van der Waals surface area contributed by atoms with Gasteiger partial charge in [0.1, 0.15) is 42.3 Å². The van der Waals surface area contributed by atoms with Crippen molar-refractivity contribution in [2.75, 3.05) is 27.0 Å². The Morgan fingerprint density at radius 2 is 0.941 bits per heavy atom. The summed E-state index contributed by atoms with van der Waals surface area (Å²) in [6.45, 7) is 2.98. The zero-order valence-corrected chi connectivity index (χ0v) is 37.1. The third-order valence-corrected chi connectivity index (χ3v) is 12.1. The second-order valence-electron chi connectivity index (χ2n) is 13.6. The Kier molecular flexibility index (Phi) is 13.3. The van der Waals surface area contributed by atoms with E-state index >= 15 is 0 Å². The molecule has 0 radical (unpaired) electrons. The summed E-state index contributed by atoms with van der Waals surface area (Å²) in [4.78, 5) is 56.5. The average Bonchev–Trinajstić information content (AvgIpc) is 3.17. The highest BCUT2D eigenvalue weighted by molar-refractivity contribution is 7.86. The van der Waals surface area contributed by atoms with Crippen LogP contribution in [-0.2, 0) is 40.5 Å². The summed E-state index contributed by atoms with van der Waals surface area (Å²) in [6, 6.07) is 5.98. The molecule has 6 rings (SSSR count). The first-order chi connectivity index (χ1) is 31.5. The quantitative estimate of drug-likeness (QED) is 0.0468. The van der Waals surface area contributed by atoms with Gasteiger partial charge < -0.3 is 31.4 Å². The number of aromatic nitrogens is 4. The number of hydrogen-bond donors (Lipinski definition) is 12. The molecule has 34 heteroatoms. The lowest BCUT2D eigenvalue weighted by molar-refractivity contribution is 0.261. The lowest BCUT2D eigenvalue weighted by atomic mass is 10.1. The second-order valence-corrected chi connectivity index (χ2v) is 19.2. The van der Waals surface area contributed by atoms with E-state index in [0.717, 1.165) is 42.5 Å². The maximum Gasteiger partial charge on any atom is 0.326 e. The number of azo groups is 2. The van der Waals surface area contributed by atoms with Crippen LogP contribution in [0.1, 0.15) is 11.4 Å². The predicted octanol–water partition coefficient (Wildman–Crippen LogP) is 4.02. The number of amides is 4. The molecule has 2 aromatic heterocycles. The molecule has 0 aliphatic carbocycles. The molecule has 0 bridgehead atoms. The standard InChI is InChI=1S/C34H29N13O17S4/c1-13-7-24(48)40-31(36-13)42-33(51)38-16-3-5-20(65(53,54)55)18(11-16)44-46-28-22(67(59,60)61)9-15-10-23(68(62,63)64)29(30(50)26(15)27(28)35)47-45-19-12-17(4-6-21(19)66(56,57)58)39-34(52)43-32-37-14(2)8-25(49)41-32/h3-12,50H,35H2,1-2H3,(H,53,54,55)(H,56,57,58)(H,59,60,61)(H,62,63,64)(H3,36,38,40,42,48,51)(H3,37,39,41,43,49,52)/b46-44+,47-45+. The first-order valence-corrected chi connectivity index (χ1v) is 23.7. The molecule has 0 aliphatic heterocycles. The summed E-state index contributed by atoms with van der Waals surface area (Å²) < 4.78 is 140. The second kappa shape index (κ2) is 18.3. The fraction of sp³-hybridized carbons (Fsp3) is 0.0588. The number of carbonyl (C=O) groups excluding carboxylic acids is 2. The number of benzene rings is 4. The summed E-state index contributed by atoms with van der Waals surface area (Å²) in [5.74, 6) is -1.97. The van der Waals surface area contributed by atoms with E-state index in [-0.39, 0.29) is 23.3 Å². The van der Waals surface area contributed by atoms with Crippen molar-refractivity contribution in [1.82, 2.24) is 19.9 Å². The van der Waals surface area contributed by atoms with Gasteiger partial charge in [-0.3, -0.25) is 38.4 Å². The van der Waals surface area contributed by atoms with Gasteiger partial charge in [-0.15, -0.1) is 20.5 Å². The largest absolute Gasteiger partial charge is 0.505 e. The van der Waals surface area contributed by atoms with Gasteiger partial charge in [-0.1, -0.05) is 0 Å². The van der Waals surface area contributed by atoms with Gasteiger partial charge in [0.15, 0.2) is 5.75 Å². The molecule has 356 valence electrons. The number of rotatable bonds is 12. The van der Waals surface area contributed by atoms with Gasteiger partial charge in [0, 0.05) is 34.9 Å². The van der Waals surface area contributed by atoms with Gasteiger partial charge in [-0.05, 0) is 67.8 Å². The number of fused-ring (bicyclic) bond motifs is 1. The summed E-state index contributed by atoms with van der Waals surface area (Å²) in [7, 11) is -21.4. The molecular weight excluding hydrogens is 991 g/mol. The molecule has 4 amide bonds. The van der Waals surface area contributed by atoms with Crippen LogP contribution in [0.25, 0.3) is 10.8 Å². The van der Waals surface area contributed by atoms with Gasteiger partial charge >= 0.3 is 12.1 Å². The molecule has 0 spiro atoms. The number of aromatic hydroxyl groups is 1. The number of nitrogens with one attached hydrogen (secondary N) is 6. The van der Waals surface area contributed by atoms with Crippen LogP contribution in [0.5, 0.6) is 5.75 Å². The number of H-pyrrole nitrogens is 2. The highest BCUT2D eigenvalue weighted by atomic mass is 32.2. The molecule has 13 N–H and O–H groups in total. The van der Waals surface area contributed by atoms with Crippen molar-refractivity contribution in [2.45, 2.75) is 33.4 Å². The number of aromatic amines is 2. The van der Waals surface area contributed by atoms with E-state index in [9.17, 15) is 76.2 Å². The van der Waals surface area contributed by atoms with Crippen LogP contribution in [-0.4, -0.2) is 89.0 Å². The Morgan fingerprint density at radius 1 is 0.559 bits per heavy atom. The minimum absolute atomic E-state index is 0.274. The monoisotopic (exact) mass is 1020 g/mol. The number of nitrogen functional groups attached to an aromatic ring is 1. The highest BCUT2D eigenvalue weighted by Gasteiger charge is 2.29. The third-order valence-electron chi connectivity index (χ3n) is 8.59. The Balaban J connectivity index is 1.46. The Bertz CT molecular complexity index is 3540. The van der Waals surface area contributed by atoms with Crippen molar-refractivity contribution < 1.29 is 66.6 Å². The number of urea groups is 2. The Labute approximate surface area is 379 Å². The van der Waals surface area contributed by atoms with Crippen molar-refractivity contribution in [3.05, 3.63) is 92.8 Å². The van der Waals surface area contributed by atoms with E-state index in [0.29, 0.717) is 29.6 Å². The molecule has 4 aromatic carbocycles. The van der Waals surface area contributed by atoms with Gasteiger partial charge in [0.05, 0.1) is 11.1 Å². The van der Waals surface area contributed by atoms with Crippen molar-refractivity contribution >= 4 is 115 Å². The third kappa shape index (κ3) is 11.5. The molecule has 68 heavy (non-hydrogen) atoms. The summed E-state index contributed by atoms with van der Waals surface area (Å²) in [5, 5.41) is 33.4. The van der Waals surface area contributed by atoms with Crippen molar-refractivity contribution in [3.63, 3.8) is 0 Å². The van der Waals surface area contributed by atoms with Crippen LogP contribution in [0, 0.1) is 13.8 Å². The normalized spacial score (nSPS) is 12.4. The molecule has 0 unspecified atom stereocenters. The molecule has 2 heterocycles. The van der Waals surface area contributed by atoms with E-state index < -0.39 is 128 Å². The number of nitrogens with two attached hydrogens (primary N) is 1. The molecule has 30 nitrogen and oxygen atoms in total. The molecule has 0 saturated heterocycles. The first-order valence-electron chi connectivity index (χ1n) is 17.9. The number of anilines is 5. The van der Waals surface area contributed by atoms with Crippen molar-refractivity contribution in [1.29, 1.82) is 0 Å². The molecule has 6 aromatic rings. The Morgan fingerprint density at radius 3 is 1.32 bits per heavy atom. The van der Waals surface area contributed by atoms with Crippen LogP contribution in [0.15, 0.2) is 110 Å². The fourth-order valence-electron chi connectivity index (χ4n) is 5.91. The number of hydrogen-bond acceptors (Lipinski definition) is 20. The van der Waals surface area contributed by atoms with Crippen LogP contribution >= 0.6 is 0 Å². The fourth-order valence-corrected chi connectivity index (χ4v) is 8.45. The number of nitrogens with zero attached hydrogens (tertiary/aromatic N) is 6. The van der Waals surface area contributed by atoms with Crippen LogP contribution in [0.4, 0.5) is 61.3 Å². The summed E-state index contributed by atoms with van der Waals surface area (Å²) in [6.07, 6.45) is 0. The van der Waals surface area contributed by atoms with Crippen LogP contribution < -0.4 is 38.1 Å². The van der Waals surface area contributed by atoms with Crippen LogP contribution in [0.2, 0.25) is 0 Å². The highest BCUT2D eigenvalue weighted by Crippen LogP contribution is 2.49. The first kappa shape index (κ1) is 49.3. The van der Waals surface area contributed by atoms with E-state index in [1.807, 2.05) is 0 Å².